The molecule has 0 fully saturated rings. The van der Waals surface area contributed by atoms with Gasteiger partial charge in [-0.2, -0.15) is 0 Å². The Bertz CT molecular complexity index is 476. The molecule has 0 radical (unpaired) electrons. The quantitative estimate of drug-likeness (QED) is 0.805. The standard InChI is InChI=1S/C13H14BrNS/c1-9(2)12-8-16-13(15-12)7-10-4-3-5-11(14)6-10/h3-6,8-9H,7H2,1-2H3. The molecule has 1 aromatic heterocycles. The first kappa shape index (κ1) is 11.8. The fraction of sp³-hybridized carbons (Fsp3) is 0.308. The van der Waals surface area contributed by atoms with Crippen LogP contribution in [0.2, 0.25) is 0 Å². The summed E-state index contributed by atoms with van der Waals surface area (Å²) in [6.45, 7) is 4.36. The van der Waals surface area contributed by atoms with E-state index in [1.54, 1.807) is 11.3 Å². The Kier molecular flexibility index (Phi) is 3.77. The molecule has 0 aliphatic heterocycles. The molecule has 16 heavy (non-hydrogen) atoms. The summed E-state index contributed by atoms with van der Waals surface area (Å²) in [4.78, 5) is 4.64. The third-order valence-corrected chi connectivity index (χ3v) is 3.77. The van der Waals surface area contributed by atoms with Crippen molar-refractivity contribution < 1.29 is 0 Å². The van der Waals surface area contributed by atoms with Crippen LogP contribution in [-0.4, -0.2) is 4.98 Å². The van der Waals surface area contributed by atoms with Gasteiger partial charge >= 0.3 is 0 Å². The number of halogens is 1. The van der Waals surface area contributed by atoms with Crippen LogP contribution in [-0.2, 0) is 6.42 Å². The molecule has 2 aromatic rings. The Labute approximate surface area is 109 Å². The van der Waals surface area contributed by atoms with Crippen LogP contribution in [0, 0.1) is 0 Å². The van der Waals surface area contributed by atoms with Gasteiger partial charge in [0.05, 0.1) is 10.7 Å². The Morgan fingerprint density at radius 2 is 2.19 bits per heavy atom. The van der Waals surface area contributed by atoms with Crippen molar-refractivity contribution in [3.8, 4) is 0 Å². The zero-order chi connectivity index (χ0) is 11.5. The normalized spacial score (nSPS) is 11.0. The predicted molar refractivity (Wildman–Crippen MR) is 73.2 cm³/mol. The maximum atomic E-state index is 4.64. The van der Waals surface area contributed by atoms with Crippen molar-refractivity contribution in [3.05, 3.63) is 50.4 Å². The Morgan fingerprint density at radius 1 is 1.38 bits per heavy atom. The summed E-state index contributed by atoms with van der Waals surface area (Å²) < 4.78 is 1.13. The first-order chi connectivity index (χ1) is 7.65. The van der Waals surface area contributed by atoms with Crippen LogP contribution >= 0.6 is 27.3 Å². The summed E-state index contributed by atoms with van der Waals surface area (Å²) in [5.74, 6) is 0.521. The van der Waals surface area contributed by atoms with E-state index in [9.17, 15) is 0 Å². The van der Waals surface area contributed by atoms with E-state index in [4.69, 9.17) is 0 Å². The van der Waals surface area contributed by atoms with Crippen LogP contribution in [0.4, 0.5) is 0 Å². The maximum Gasteiger partial charge on any atom is 0.0972 e. The minimum absolute atomic E-state index is 0.521. The Balaban J connectivity index is 2.14. The molecule has 0 aliphatic carbocycles. The number of nitrogens with zero attached hydrogens (tertiary/aromatic N) is 1. The first-order valence-corrected chi connectivity index (χ1v) is 7.01. The van der Waals surface area contributed by atoms with Crippen molar-refractivity contribution in [2.75, 3.05) is 0 Å². The first-order valence-electron chi connectivity index (χ1n) is 5.34. The summed E-state index contributed by atoms with van der Waals surface area (Å²) in [6, 6.07) is 8.40. The number of hydrogen-bond acceptors (Lipinski definition) is 2. The molecular formula is C13H14BrNS. The molecule has 0 aliphatic rings. The Hall–Kier alpha value is -0.670. The lowest BCUT2D eigenvalue weighted by Gasteiger charge is -1.99. The zero-order valence-corrected chi connectivity index (χ0v) is 11.8. The minimum Gasteiger partial charge on any atom is -0.246 e. The third-order valence-electron chi connectivity index (χ3n) is 2.41. The summed E-state index contributed by atoms with van der Waals surface area (Å²) in [7, 11) is 0. The van der Waals surface area contributed by atoms with Crippen molar-refractivity contribution >= 4 is 27.3 Å². The highest BCUT2D eigenvalue weighted by atomic mass is 79.9. The zero-order valence-electron chi connectivity index (χ0n) is 9.40. The second-order valence-corrected chi connectivity index (χ2v) is 5.99. The molecule has 0 saturated carbocycles. The highest BCUT2D eigenvalue weighted by molar-refractivity contribution is 9.10. The molecule has 3 heteroatoms. The smallest absolute Gasteiger partial charge is 0.0972 e. The van der Waals surface area contributed by atoms with Crippen molar-refractivity contribution in [1.82, 2.24) is 4.98 Å². The lowest BCUT2D eigenvalue weighted by atomic mass is 10.1. The molecule has 1 heterocycles. The van der Waals surface area contributed by atoms with E-state index in [0.717, 1.165) is 10.9 Å². The van der Waals surface area contributed by atoms with Gasteiger partial charge in [-0.15, -0.1) is 11.3 Å². The number of benzene rings is 1. The summed E-state index contributed by atoms with van der Waals surface area (Å²) in [5.41, 5.74) is 2.51. The van der Waals surface area contributed by atoms with Gasteiger partial charge < -0.3 is 0 Å². The van der Waals surface area contributed by atoms with Crippen molar-refractivity contribution in [2.45, 2.75) is 26.2 Å². The monoisotopic (exact) mass is 295 g/mol. The van der Waals surface area contributed by atoms with Crippen LogP contribution in [0.1, 0.15) is 36.0 Å². The number of aromatic nitrogens is 1. The van der Waals surface area contributed by atoms with Crippen LogP contribution in [0.3, 0.4) is 0 Å². The predicted octanol–water partition coefficient (Wildman–Crippen LogP) is 4.62. The van der Waals surface area contributed by atoms with E-state index in [0.29, 0.717) is 5.92 Å². The second kappa shape index (κ2) is 5.11. The molecule has 0 unspecified atom stereocenters. The van der Waals surface area contributed by atoms with E-state index in [1.807, 2.05) is 6.07 Å². The van der Waals surface area contributed by atoms with Crippen LogP contribution in [0.15, 0.2) is 34.1 Å². The highest BCUT2D eigenvalue weighted by Gasteiger charge is 2.06. The maximum absolute atomic E-state index is 4.64. The summed E-state index contributed by atoms with van der Waals surface area (Å²) in [5, 5.41) is 3.36. The number of rotatable bonds is 3. The van der Waals surface area contributed by atoms with Gasteiger partial charge in [-0.05, 0) is 23.6 Å². The largest absolute Gasteiger partial charge is 0.246 e. The fourth-order valence-electron chi connectivity index (χ4n) is 1.49. The molecule has 1 nitrogen and oxygen atoms in total. The fourth-order valence-corrected chi connectivity index (χ4v) is 2.93. The molecule has 0 N–H and O–H groups in total. The van der Waals surface area contributed by atoms with Gasteiger partial charge in [0, 0.05) is 16.3 Å². The number of thiazole rings is 1. The van der Waals surface area contributed by atoms with Crippen LogP contribution in [0.25, 0.3) is 0 Å². The molecule has 0 bridgehead atoms. The molecule has 1 aromatic carbocycles. The Morgan fingerprint density at radius 3 is 2.81 bits per heavy atom. The van der Waals surface area contributed by atoms with Crippen molar-refractivity contribution in [2.24, 2.45) is 0 Å². The molecule has 2 rings (SSSR count). The SMILES string of the molecule is CC(C)c1csc(Cc2cccc(Br)c2)n1. The van der Waals surface area contributed by atoms with Crippen LogP contribution < -0.4 is 0 Å². The van der Waals surface area contributed by atoms with Gasteiger partial charge in [0.15, 0.2) is 0 Å². The molecule has 0 amide bonds. The molecule has 0 saturated heterocycles. The van der Waals surface area contributed by atoms with E-state index in [2.05, 4.69) is 58.3 Å². The van der Waals surface area contributed by atoms with E-state index < -0.39 is 0 Å². The van der Waals surface area contributed by atoms with Gasteiger partial charge in [0.2, 0.25) is 0 Å². The van der Waals surface area contributed by atoms with E-state index in [-0.39, 0.29) is 0 Å². The van der Waals surface area contributed by atoms with Gasteiger partial charge in [-0.3, -0.25) is 0 Å². The van der Waals surface area contributed by atoms with Crippen molar-refractivity contribution in [1.29, 1.82) is 0 Å². The molecular weight excluding hydrogens is 282 g/mol. The van der Waals surface area contributed by atoms with Gasteiger partial charge in [-0.25, -0.2) is 4.98 Å². The third kappa shape index (κ3) is 2.92. The highest BCUT2D eigenvalue weighted by Crippen LogP contribution is 2.21. The molecule has 84 valence electrons. The summed E-state index contributed by atoms with van der Waals surface area (Å²) in [6.07, 6.45) is 0.927. The topological polar surface area (TPSA) is 12.9 Å². The average Bonchev–Trinajstić information content (AvgIpc) is 2.66. The lowest BCUT2D eigenvalue weighted by molar-refractivity contribution is 0.825. The van der Waals surface area contributed by atoms with Gasteiger partial charge in [0.25, 0.3) is 0 Å². The van der Waals surface area contributed by atoms with Gasteiger partial charge in [0.1, 0.15) is 0 Å². The summed E-state index contributed by atoms with van der Waals surface area (Å²) >= 11 is 5.24. The van der Waals surface area contributed by atoms with E-state index in [1.165, 1.54) is 16.3 Å². The average molecular weight is 296 g/mol. The molecule has 0 spiro atoms. The second-order valence-electron chi connectivity index (χ2n) is 4.13. The number of hydrogen-bond donors (Lipinski definition) is 0. The lowest BCUT2D eigenvalue weighted by Crippen LogP contribution is -1.90. The molecule has 0 atom stereocenters. The van der Waals surface area contributed by atoms with Gasteiger partial charge in [-0.1, -0.05) is 41.9 Å². The van der Waals surface area contributed by atoms with Crippen molar-refractivity contribution in [3.63, 3.8) is 0 Å². The van der Waals surface area contributed by atoms with E-state index >= 15 is 0 Å². The van der Waals surface area contributed by atoms with Crippen LogP contribution in [0.5, 0.6) is 0 Å². The minimum atomic E-state index is 0.521.